The molecule has 1 heterocycles. The van der Waals surface area contributed by atoms with Crippen LogP contribution in [0.4, 0.5) is 16.2 Å². The Balaban J connectivity index is 1.65. The summed E-state index contributed by atoms with van der Waals surface area (Å²) in [5, 5.41) is 1.71. The van der Waals surface area contributed by atoms with Gasteiger partial charge in [0.25, 0.3) is 5.24 Å². The molecule has 1 atom stereocenters. The van der Waals surface area contributed by atoms with Crippen molar-refractivity contribution in [2.75, 3.05) is 10.2 Å². The Morgan fingerprint density at radius 2 is 1.75 bits per heavy atom. The van der Waals surface area contributed by atoms with Crippen molar-refractivity contribution in [3.63, 3.8) is 0 Å². The van der Waals surface area contributed by atoms with E-state index in [1.54, 1.807) is 36.4 Å². The van der Waals surface area contributed by atoms with E-state index in [1.165, 1.54) is 0 Å². The highest BCUT2D eigenvalue weighted by Gasteiger charge is 2.41. The van der Waals surface area contributed by atoms with Crippen LogP contribution >= 0.6 is 34.4 Å². The van der Waals surface area contributed by atoms with Gasteiger partial charge >= 0.3 is 0 Å². The van der Waals surface area contributed by atoms with Gasteiger partial charge in [0.05, 0.1) is 5.69 Å². The van der Waals surface area contributed by atoms with Crippen LogP contribution in [0.5, 0.6) is 0 Å². The first kappa shape index (κ1) is 17.0. The first-order valence-electron chi connectivity index (χ1n) is 7.19. The summed E-state index contributed by atoms with van der Waals surface area (Å²) in [5.74, 6) is -0.640. The van der Waals surface area contributed by atoms with Crippen molar-refractivity contribution in [3.05, 3.63) is 58.2 Å². The van der Waals surface area contributed by atoms with Gasteiger partial charge in [0.1, 0.15) is 5.25 Å². The number of amides is 3. The fourth-order valence-electron chi connectivity index (χ4n) is 2.31. The molecule has 1 aliphatic rings. The highest BCUT2D eigenvalue weighted by Crippen LogP contribution is 2.33. The van der Waals surface area contributed by atoms with Gasteiger partial charge in [-0.1, -0.05) is 18.2 Å². The smallest absolute Gasteiger partial charge is 0.293 e. The molecule has 3 amide bonds. The molecule has 1 unspecified atom stereocenters. The molecule has 3 rings (SSSR count). The first-order chi connectivity index (χ1) is 11.5. The second-order valence-corrected chi connectivity index (χ2v) is 7.54. The lowest BCUT2D eigenvalue weighted by molar-refractivity contribution is -0.121. The minimum Gasteiger partial charge on any atom is -0.326 e. The number of benzene rings is 2. The van der Waals surface area contributed by atoms with Crippen LogP contribution in [0.15, 0.2) is 54.6 Å². The van der Waals surface area contributed by atoms with E-state index >= 15 is 0 Å². The van der Waals surface area contributed by atoms with Crippen molar-refractivity contribution in [1.29, 1.82) is 0 Å². The summed E-state index contributed by atoms with van der Waals surface area (Å²) in [4.78, 5) is 37.8. The number of nitrogens with zero attached hydrogens (tertiary/aromatic N) is 1. The molecule has 0 spiro atoms. The monoisotopic (exact) mass is 452 g/mol. The number of hydrogen-bond acceptors (Lipinski definition) is 4. The Bertz CT molecular complexity index is 780. The number of nitrogens with one attached hydrogen (secondary N) is 1. The SMILES string of the molecule is O=C(CC1SC(=O)N(c2ccccc2)C1=O)Nc1ccc(I)cc1. The topological polar surface area (TPSA) is 66.5 Å². The molecular formula is C17H13IN2O3S. The zero-order valence-electron chi connectivity index (χ0n) is 12.4. The Kier molecular flexibility index (Phi) is 5.20. The van der Waals surface area contributed by atoms with Gasteiger partial charge in [-0.15, -0.1) is 0 Å². The van der Waals surface area contributed by atoms with Gasteiger partial charge in [-0.25, -0.2) is 4.90 Å². The molecule has 5 nitrogen and oxygen atoms in total. The van der Waals surface area contributed by atoms with Gasteiger partial charge < -0.3 is 5.32 Å². The Morgan fingerprint density at radius 3 is 2.42 bits per heavy atom. The zero-order valence-corrected chi connectivity index (χ0v) is 15.4. The van der Waals surface area contributed by atoms with E-state index in [2.05, 4.69) is 27.9 Å². The molecule has 1 aliphatic heterocycles. The number of carbonyl (C=O) groups excluding carboxylic acids is 3. The van der Waals surface area contributed by atoms with Crippen LogP contribution in [0, 0.1) is 3.57 Å². The lowest BCUT2D eigenvalue weighted by atomic mass is 10.2. The lowest BCUT2D eigenvalue weighted by Crippen LogP contribution is -2.32. The third kappa shape index (κ3) is 3.78. The van der Waals surface area contributed by atoms with Gasteiger partial charge in [0.2, 0.25) is 11.8 Å². The number of anilines is 2. The molecule has 1 N–H and O–H groups in total. The average molecular weight is 452 g/mol. The van der Waals surface area contributed by atoms with E-state index in [0.717, 1.165) is 20.2 Å². The molecule has 2 aromatic carbocycles. The predicted molar refractivity (Wildman–Crippen MR) is 103 cm³/mol. The molecule has 7 heteroatoms. The van der Waals surface area contributed by atoms with Crippen molar-refractivity contribution >= 4 is 62.8 Å². The van der Waals surface area contributed by atoms with Crippen LogP contribution in [0.2, 0.25) is 0 Å². The lowest BCUT2D eigenvalue weighted by Gasteiger charge is -2.13. The third-order valence-electron chi connectivity index (χ3n) is 3.43. The zero-order chi connectivity index (χ0) is 17.1. The van der Waals surface area contributed by atoms with Crippen molar-refractivity contribution < 1.29 is 14.4 Å². The maximum absolute atomic E-state index is 12.5. The van der Waals surface area contributed by atoms with Gasteiger partial charge in [0, 0.05) is 15.7 Å². The molecule has 122 valence electrons. The van der Waals surface area contributed by atoms with Gasteiger partial charge in [-0.3, -0.25) is 14.4 Å². The van der Waals surface area contributed by atoms with E-state index in [1.807, 2.05) is 18.2 Å². The highest BCUT2D eigenvalue weighted by molar-refractivity contribution is 14.1. The van der Waals surface area contributed by atoms with E-state index in [9.17, 15) is 14.4 Å². The number of para-hydroxylation sites is 1. The van der Waals surface area contributed by atoms with Crippen molar-refractivity contribution in [1.82, 2.24) is 0 Å². The van der Waals surface area contributed by atoms with Crippen molar-refractivity contribution in [3.8, 4) is 0 Å². The molecule has 24 heavy (non-hydrogen) atoms. The molecule has 0 aliphatic carbocycles. The fraction of sp³-hybridized carbons (Fsp3) is 0.118. The van der Waals surface area contributed by atoms with Gasteiger partial charge in [0.15, 0.2) is 0 Å². The molecule has 0 saturated carbocycles. The van der Waals surface area contributed by atoms with Crippen LogP contribution in [0.1, 0.15) is 6.42 Å². The van der Waals surface area contributed by atoms with E-state index in [0.29, 0.717) is 11.4 Å². The summed E-state index contributed by atoms with van der Waals surface area (Å²) in [6.07, 6.45) is -0.0371. The largest absolute Gasteiger partial charge is 0.326 e. The standard InChI is InChI=1S/C17H13IN2O3S/c18-11-6-8-12(9-7-11)19-15(21)10-14-16(22)20(17(23)24-14)13-4-2-1-3-5-13/h1-9,14H,10H2,(H,19,21). The number of thioether (sulfide) groups is 1. The van der Waals surface area contributed by atoms with Crippen molar-refractivity contribution in [2.24, 2.45) is 0 Å². The summed E-state index contributed by atoms with van der Waals surface area (Å²) in [7, 11) is 0. The average Bonchev–Trinajstić information content (AvgIpc) is 2.84. The first-order valence-corrected chi connectivity index (χ1v) is 9.15. The summed E-state index contributed by atoms with van der Waals surface area (Å²) in [6, 6.07) is 16.1. The van der Waals surface area contributed by atoms with Crippen LogP contribution in [0.25, 0.3) is 0 Å². The molecule has 1 fully saturated rings. The maximum Gasteiger partial charge on any atom is 0.293 e. The Morgan fingerprint density at radius 1 is 1.08 bits per heavy atom. The number of carbonyl (C=O) groups is 3. The van der Waals surface area contributed by atoms with E-state index in [-0.39, 0.29) is 23.5 Å². The molecule has 0 bridgehead atoms. The molecule has 0 aromatic heterocycles. The molecule has 2 aromatic rings. The molecule has 0 radical (unpaired) electrons. The summed E-state index contributed by atoms with van der Waals surface area (Å²) in [5.41, 5.74) is 1.20. The maximum atomic E-state index is 12.5. The van der Waals surface area contributed by atoms with Gasteiger partial charge in [-0.05, 0) is 70.8 Å². The van der Waals surface area contributed by atoms with Crippen molar-refractivity contribution in [2.45, 2.75) is 11.7 Å². The van der Waals surface area contributed by atoms with E-state index < -0.39 is 5.25 Å². The predicted octanol–water partition coefficient (Wildman–Crippen LogP) is 3.89. The van der Waals surface area contributed by atoms with Crippen LogP contribution < -0.4 is 10.2 Å². The quantitative estimate of drug-likeness (QED) is 0.716. The van der Waals surface area contributed by atoms with Gasteiger partial charge in [-0.2, -0.15) is 0 Å². The molecule has 1 saturated heterocycles. The number of rotatable bonds is 4. The summed E-state index contributed by atoms with van der Waals surface area (Å²) >= 11 is 3.07. The number of hydrogen-bond donors (Lipinski definition) is 1. The second-order valence-electron chi connectivity index (χ2n) is 5.14. The highest BCUT2D eigenvalue weighted by atomic mass is 127. The third-order valence-corrected chi connectivity index (χ3v) is 5.19. The van der Waals surface area contributed by atoms with Crippen LogP contribution in [-0.4, -0.2) is 22.3 Å². The van der Waals surface area contributed by atoms with E-state index in [4.69, 9.17) is 0 Å². The number of imide groups is 1. The Labute approximate surface area is 156 Å². The normalized spacial score (nSPS) is 17.2. The second kappa shape index (κ2) is 7.35. The summed E-state index contributed by atoms with van der Waals surface area (Å²) < 4.78 is 1.07. The van der Waals surface area contributed by atoms with Crippen LogP contribution in [-0.2, 0) is 9.59 Å². The number of halogens is 1. The minimum atomic E-state index is -0.693. The van der Waals surface area contributed by atoms with Crippen LogP contribution in [0.3, 0.4) is 0 Å². The summed E-state index contributed by atoms with van der Waals surface area (Å²) in [6.45, 7) is 0. The minimum absolute atomic E-state index is 0.0371. The fourth-order valence-corrected chi connectivity index (χ4v) is 3.66. The molecular weight excluding hydrogens is 439 g/mol. The Hall–Kier alpha value is -1.87.